The second-order valence-electron chi connectivity index (χ2n) is 3.34. The van der Waals surface area contributed by atoms with Gasteiger partial charge in [0.15, 0.2) is 5.04 Å². The summed E-state index contributed by atoms with van der Waals surface area (Å²) in [7, 11) is 0. The van der Waals surface area contributed by atoms with E-state index in [1.807, 2.05) is 6.92 Å². The summed E-state index contributed by atoms with van der Waals surface area (Å²) in [5.74, 6) is -0.0342. The first kappa shape index (κ1) is 9.58. The van der Waals surface area contributed by atoms with Crippen LogP contribution < -0.4 is 5.32 Å². The van der Waals surface area contributed by atoms with Crippen molar-refractivity contribution in [1.29, 1.82) is 0 Å². The Morgan fingerprint density at radius 1 is 1.75 bits per heavy atom. The van der Waals surface area contributed by atoms with Crippen LogP contribution in [0.15, 0.2) is 4.99 Å². The first-order valence-electron chi connectivity index (χ1n) is 4.07. The normalized spacial score (nSPS) is 20.4. The van der Waals surface area contributed by atoms with Crippen molar-refractivity contribution < 1.29 is 4.79 Å². The van der Waals surface area contributed by atoms with Gasteiger partial charge in [0, 0.05) is 11.3 Å². The highest BCUT2D eigenvalue weighted by atomic mass is 32.2. The van der Waals surface area contributed by atoms with Crippen molar-refractivity contribution in [3.8, 4) is 0 Å². The molecule has 1 N–H and O–H groups in total. The van der Waals surface area contributed by atoms with E-state index in [9.17, 15) is 4.79 Å². The maximum atomic E-state index is 11.3. The molecule has 1 aliphatic rings. The third kappa shape index (κ3) is 2.24. The van der Waals surface area contributed by atoms with Crippen molar-refractivity contribution in [3.63, 3.8) is 0 Å². The highest BCUT2D eigenvalue weighted by molar-refractivity contribution is 8.17. The molecule has 1 amide bonds. The summed E-state index contributed by atoms with van der Waals surface area (Å²) in [5.41, 5.74) is 0. The van der Waals surface area contributed by atoms with Gasteiger partial charge in [0.2, 0.25) is 0 Å². The van der Waals surface area contributed by atoms with Crippen molar-refractivity contribution in [1.82, 2.24) is 5.32 Å². The number of hydrogen-bond acceptors (Lipinski definition) is 3. The largest absolute Gasteiger partial charge is 0.351 e. The van der Waals surface area contributed by atoms with Crippen LogP contribution >= 0.6 is 11.8 Å². The molecular formula is C8H14N2OS. The van der Waals surface area contributed by atoms with E-state index in [2.05, 4.69) is 24.2 Å². The van der Waals surface area contributed by atoms with Crippen LogP contribution in [0.1, 0.15) is 20.8 Å². The van der Waals surface area contributed by atoms with Crippen molar-refractivity contribution in [2.24, 2.45) is 4.99 Å². The number of thioether (sulfide) groups is 1. The zero-order valence-corrected chi connectivity index (χ0v) is 8.49. The van der Waals surface area contributed by atoms with Gasteiger partial charge in [0.1, 0.15) is 0 Å². The van der Waals surface area contributed by atoms with Gasteiger partial charge in [-0.25, -0.2) is 0 Å². The molecule has 1 aliphatic heterocycles. The molecular weight excluding hydrogens is 172 g/mol. The highest BCUT2D eigenvalue weighted by Crippen LogP contribution is 2.31. The molecule has 0 radical (unpaired) electrons. The molecule has 12 heavy (non-hydrogen) atoms. The van der Waals surface area contributed by atoms with E-state index < -0.39 is 0 Å². The molecule has 0 aliphatic carbocycles. The number of carbonyl (C=O) groups excluding carboxylic acids is 1. The van der Waals surface area contributed by atoms with Crippen molar-refractivity contribution in [3.05, 3.63) is 0 Å². The number of rotatable bonds is 2. The Bertz CT molecular complexity index is 223. The maximum absolute atomic E-state index is 11.3. The molecule has 1 heterocycles. The first-order valence-corrected chi connectivity index (χ1v) is 4.88. The molecule has 4 heteroatoms. The van der Waals surface area contributed by atoms with Gasteiger partial charge in [-0.15, -0.1) is 0 Å². The Labute approximate surface area is 77.0 Å². The van der Waals surface area contributed by atoms with Gasteiger partial charge in [0.25, 0.3) is 5.91 Å². The molecule has 1 rings (SSSR count). The Balaban J connectivity index is 2.51. The zero-order chi connectivity index (χ0) is 9.19. The topological polar surface area (TPSA) is 41.5 Å². The number of amides is 1. The SMILES string of the molecule is CCNC(=O)C1=NCC(C)(C)S1. The summed E-state index contributed by atoms with van der Waals surface area (Å²) in [5, 5.41) is 3.36. The summed E-state index contributed by atoms with van der Waals surface area (Å²) in [6, 6.07) is 0. The fourth-order valence-corrected chi connectivity index (χ4v) is 1.89. The molecule has 0 aromatic heterocycles. The van der Waals surface area contributed by atoms with E-state index in [1.165, 1.54) is 0 Å². The van der Waals surface area contributed by atoms with Gasteiger partial charge >= 0.3 is 0 Å². The van der Waals surface area contributed by atoms with Crippen LogP contribution in [0.4, 0.5) is 0 Å². The number of aliphatic imine (C=N–C) groups is 1. The molecule has 0 fully saturated rings. The smallest absolute Gasteiger partial charge is 0.276 e. The van der Waals surface area contributed by atoms with Gasteiger partial charge in [-0.05, 0) is 20.8 Å². The van der Waals surface area contributed by atoms with E-state index in [1.54, 1.807) is 11.8 Å². The summed E-state index contributed by atoms with van der Waals surface area (Å²) >= 11 is 1.55. The number of carbonyl (C=O) groups is 1. The molecule has 3 nitrogen and oxygen atoms in total. The van der Waals surface area contributed by atoms with E-state index >= 15 is 0 Å². The Morgan fingerprint density at radius 2 is 2.42 bits per heavy atom. The van der Waals surface area contributed by atoms with Gasteiger partial charge in [-0.3, -0.25) is 9.79 Å². The van der Waals surface area contributed by atoms with Gasteiger partial charge in [-0.1, -0.05) is 11.8 Å². The van der Waals surface area contributed by atoms with Crippen LogP contribution in [0.3, 0.4) is 0 Å². The molecule has 0 bridgehead atoms. The van der Waals surface area contributed by atoms with Crippen LogP contribution in [0, 0.1) is 0 Å². The molecule has 0 spiro atoms. The van der Waals surface area contributed by atoms with Crippen LogP contribution in [0.5, 0.6) is 0 Å². The minimum atomic E-state index is -0.0342. The lowest BCUT2D eigenvalue weighted by Crippen LogP contribution is -2.29. The molecule has 0 unspecified atom stereocenters. The number of nitrogens with zero attached hydrogens (tertiary/aromatic N) is 1. The lowest BCUT2D eigenvalue weighted by atomic mass is 10.2. The van der Waals surface area contributed by atoms with Crippen LogP contribution in [-0.2, 0) is 4.79 Å². The fourth-order valence-electron chi connectivity index (χ4n) is 0.943. The third-order valence-corrected chi connectivity index (χ3v) is 2.70. The van der Waals surface area contributed by atoms with Crippen molar-refractivity contribution in [2.45, 2.75) is 25.5 Å². The molecule has 0 aromatic rings. The van der Waals surface area contributed by atoms with Gasteiger partial charge < -0.3 is 5.32 Å². The lowest BCUT2D eigenvalue weighted by Gasteiger charge is -2.13. The van der Waals surface area contributed by atoms with Crippen molar-refractivity contribution >= 4 is 22.7 Å². The maximum Gasteiger partial charge on any atom is 0.276 e. The minimum absolute atomic E-state index is 0.0342. The van der Waals surface area contributed by atoms with E-state index in [4.69, 9.17) is 0 Å². The molecule has 0 saturated carbocycles. The van der Waals surface area contributed by atoms with Crippen LogP contribution in [0.2, 0.25) is 0 Å². The standard InChI is InChI=1S/C8H14N2OS/c1-4-9-6(11)7-10-5-8(2,3)12-7/h4-5H2,1-3H3,(H,9,11). The number of nitrogens with one attached hydrogen (secondary N) is 1. The third-order valence-electron chi connectivity index (χ3n) is 1.51. The lowest BCUT2D eigenvalue weighted by molar-refractivity contribution is -0.114. The predicted octanol–water partition coefficient (Wildman–Crippen LogP) is 1.05. The second-order valence-corrected chi connectivity index (χ2v) is 5.04. The van der Waals surface area contributed by atoms with E-state index in [0.717, 1.165) is 6.54 Å². The first-order chi connectivity index (χ1) is 5.55. The summed E-state index contributed by atoms with van der Waals surface area (Å²) < 4.78 is 0.0976. The summed E-state index contributed by atoms with van der Waals surface area (Å²) in [6.45, 7) is 7.49. The quantitative estimate of drug-likeness (QED) is 0.700. The van der Waals surface area contributed by atoms with E-state index in [-0.39, 0.29) is 10.7 Å². The Hall–Kier alpha value is -0.510. The number of hydrogen-bond donors (Lipinski definition) is 1. The zero-order valence-electron chi connectivity index (χ0n) is 7.68. The predicted molar refractivity (Wildman–Crippen MR) is 52.7 cm³/mol. The molecule has 0 saturated heterocycles. The molecule has 0 atom stereocenters. The van der Waals surface area contributed by atoms with Gasteiger partial charge in [-0.2, -0.15) is 0 Å². The van der Waals surface area contributed by atoms with Gasteiger partial charge in [0.05, 0.1) is 6.54 Å². The average molecular weight is 186 g/mol. The van der Waals surface area contributed by atoms with Crippen molar-refractivity contribution in [2.75, 3.05) is 13.1 Å². The Kier molecular flexibility index (Phi) is 2.77. The van der Waals surface area contributed by atoms with E-state index in [0.29, 0.717) is 11.6 Å². The minimum Gasteiger partial charge on any atom is -0.351 e. The summed E-state index contributed by atoms with van der Waals surface area (Å²) in [4.78, 5) is 15.4. The molecule has 0 aromatic carbocycles. The molecule has 68 valence electrons. The fraction of sp³-hybridized carbons (Fsp3) is 0.750. The summed E-state index contributed by atoms with van der Waals surface area (Å²) in [6.07, 6.45) is 0. The van der Waals surface area contributed by atoms with Crippen LogP contribution in [-0.4, -0.2) is 28.8 Å². The highest BCUT2D eigenvalue weighted by Gasteiger charge is 2.30. The monoisotopic (exact) mass is 186 g/mol. The second kappa shape index (κ2) is 3.47. The Morgan fingerprint density at radius 3 is 2.83 bits per heavy atom. The van der Waals surface area contributed by atoms with Crippen LogP contribution in [0.25, 0.3) is 0 Å². The average Bonchev–Trinajstić information content (AvgIpc) is 2.31.